The van der Waals surface area contributed by atoms with Gasteiger partial charge in [0.25, 0.3) is 11.5 Å². The lowest BCUT2D eigenvalue weighted by molar-refractivity contribution is -0.0442. The molecule has 0 atom stereocenters. The molecule has 13 heteroatoms. The zero-order chi connectivity index (χ0) is 28.4. The number of alkyl halides is 2. The first-order chi connectivity index (χ1) is 18.3. The summed E-state index contributed by atoms with van der Waals surface area (Å²) in [6.45, 7) is 5.54. The maximum Gasteiger partial charge on any atom is 0.274 e. The summed E-state index contributed by atoms with van der Waals surface area (Å²) >= 11 is 0. The Morgan fingerprint density at radius 2 is 1.82 bits per heavy atom. The number of carbonyl (C=O) groups excluding carboxylic acids is 1. The van der Waals surface area contributed by atoms with Gasteiger partial charge >= 0.3 is 0 Å². The van der Waals surface area contributed by atoms with Crippen LogP contribution < -0.4 is 20.5 Å². The highest BCUT2D eigenvalue weighted by Gasteiger charge is 2.36. The molecule has 2 aromatic rings. The van der Waals surface area contributed by atoms with E-state index in [0.29, 0.717) is 5.69 Å². The lowest BCUT2D eigenvalue weighted by Gasteiger charge is -2.38. The van der Waals surface area contributed by atoms with E-state index in [1.165, 1.54) is 22.8 Å². The van der Waals surface area contributed by atoms with Crippen molar-refractivity contribution in [2.45, 2.75) is 62.8 Å². The lowest BCUT2D eigenvalue weighted by Crippen LogP contribution is -2.43. The van der Waals surface area contributed by atoms with E-state index in [1.807, 2.05) is 0 Å². The van der Waals surface area contributed by atoms with E-state index >= 15 is 0 Å². The summed E-state index contributed by atoms with van der Waals surface area (Å²) in [5.74, 6) is -3.69. The molecule has 1 aliphatic heterocycles. The third kappa shape index (κ3) is 7.25. The Kier molecular flexibility index (Phi) is 8.52. The fourth-order valence-electron chi connectivity index (χ4n) is 5.14. The number of nitrogens with one attached hydrogen (secondary N) is 2. The molecule has 2 aliphatic rings. The predicted octanol–water partition coefficient (Wildman–Crippen LogP) is 4.11. The van der Waals surface area contributed by atoms with Gasteiger partial charge in [-0.15, -0.1) is 0 Å². The van der Waals surface area contributed by atoms with Gasteiger partial charge in [0.1, 0.15) is 5.69 Å². The number of aliphatic hydroxyl groups is 1. The molecule has 0 bridgehead atoms. The van der Waals surface area contributed by atoms with Crippen molar-refractivity contribution < 1.29 is 27.1 Å². The molecule has 1 amide bonds. The highest BCUT2D eigenvalue weighted by Crippen LogP contribution is 2.38. The van der Waals surface area contributed by atoms with Crippen molar-refractivity contribution in [3.05, 3.63) is 52.4 Å². The molecule has 2 heterocycles. The molecule has 1 aromatic heterocycles. The van der Waals surface area contributed by atoms with Crippen LogP contribution in [0.5, 0.6) is 0 Å². The van der Waals surface area contributed by atoms with Crippen LogP contribution in [0, 0.1) is 0 Å². The molecule has 3 N–H and O–H groups in total. The zero-order valence-corrected chi connectivity index (χ0v) is 24.1. The van der Waals surface area contributed by atoms with Crippen LogP contribution >= 0.6 is 0 Å². The Bertz CT molecular complexity index is 1360. The zero-order valence-electron chi connectivity index (χ0n) is 22.3. The van der Waals surface area contributed by atoms with Gasteiger partial charge in [-0.1, -0.05) is 13.1 Å². The van der Waals surface area contributed by atoms with Gasteiger partial charge in [0.15, 0.2) is 0 Å². The topological polar surface area (TPSA) is 121 Å². The summed E-state index contributed by atoms with van der Waals surface area (Å²) in [6, 6.07) is 9.36. The van der Waals surface area contributed by atoms with E-state index in [9.17, 15) is 26.8 Å². The van der Waals surface area contributed by atoms with Crippen LogP contribution in [0.2, 0.25) is 25.2 Å². The molecular weight excluding hydrogens is 546 g/mol. The molecule has 1 aliphatic carbocycles. The predicted molar refractivity (Wildman–Crippen MR) is 151 cm³/mol. The Morgan fingerprint density at radius 3 is 2.46 bits per heavy atom. The number of hydrogen-bond donors (Lipinski definition) is 3. The van der Waals surface area contributed by atoms with Crippen molar-refractivity contribution >= 4 is 41.1 Å². The number of amides is 1. The number of rotatable bonds is 8. The SMILES string of the molecule is C[Si]1(C)CCN(c2cc(NS(=O)(=O)CCO)ccc2C(=O)Nc2cccn(C3CCC(F)(F)CC3)c2=O)CC1. The molecule has 0 unspecified atom stereocenters. The summed E-state index contributed by atoms with van der Waals surface area (Å²) in [4.78, 5) is 28.7. The van der Waals surface area contributed by atoms with Gasteiger partial charge < -0.3 is 19.9 Å². The number of pyridine rings is 1. The van der Waals surface area contributed by atoms with E-state index in [4.69, 9.17) is 5.11 Å². The van der Waals surface area contributed by atoms with Crippen LogP contribution in [0.4, 0.5) is 25.8 Å². The third-order valence-corrected chi connectivity index (χ3v) is 12.1. The van der Waals surface area contributed by atoms with Crippen molar-refractivity contribution in [1.82, 2.24) is 4.57 Å². The summed E-state index contributed by atoms with van der Waals surface area (Å²) in [5, 5.41) is 11.8. The second-order valence-corrected chi connectivity index (χ2v) is 18.4. The van der Waals surface area contributed by atoms with Crippen LogP contribution in [0.3, 0.4) is 0 Å². The number of carbonyl (C=O) groups is 1. The molecule has 0 radical (unpaired) electrons. The Morgan fingerprint density at radius 1 is 1.15 bits per heavy atom. The first kappa shape index (κ1) is 29.2. The van der Waals surface area contributed by atoms with E-state index in [0.717, 1.165) is 25.2 Å². The smallest absolute Gasteiger partial charge is 0.274 e. The van der Waals surface area contributed by atoms with Crippen LogP contribution in [-0.2, 0) is 10.0 Å². The van der Waals surface area contributed by atoms with Crippen molar-refractivity contribution in [3.63, 3.8) is 0 Å². The second kappa shape index (κ2) is 11.4. The van der Waals surface area contributed by atoms with E-state index in [-0.39, 0.29) is 48.7 Å². The minimum atomic E-state index is -3.76. The number of nitrogens with zero attached hydrogens (tertiary/aromatic N) is 2. The fraction of sp³-hybridized carbons (Fsp3) is 0.538. The molecular formula is C26H36F2N4O5SSi. The molecule has 1 saturated heterocycles. The number of sulfonamides is 1. The highest BCUT2D eigenvalue weighted by molar-refractivity contribution is 7.92. The van der Waals surface area contributed by atoms with Gasteiger partial charge in [-0.2, -0.15) is 0 Å². The molecule has 1 aromatic carbocycles. The quantitative estimate of drug-likeness (QED) is 0.403. The Labute approximate surface area is 228 Å². The molecule has 214 valence electrons. The van der Waals surface area contributed by atoms with Crippen LogP contribution in [-0.4, -0.2) is 63.4 Å². The van der Waals surface area contributed by atoms with Gasteiger partial charge in [0.2, 0.25) is 15.9 Å². The van der Waals surface area contributed by atoms with Crippen LogP contribution in [0.1, 0.15) is 42.1 Å². The van der Waals surface area contributed by atoms with Gasteiger partial charge in [-0.3, -0.25) is 14.3 Å². The van der Waals surface area contributed by atoms with Crippen LogP contribution in [0.15, 0.2) is 41.3 Å². The minimum absolute atomic E-state index is 0.0469. The molecule has 2 fully saturated rings. The highest BCUT2D eigenvalue weighted by atomic mass is 32.2. The summed E-state index contributed by atoms with van der Waals surface area (Å²) in [5.41, 5.74) is 0.696. The van der Waals surface area contributed by atoms with Crippen molar-refractivity contribution in [2.24, 2.45) is 0 Å². The first-order valence-electron chi connectivity index (χ1n) is 13.2. The van der Waals surface area contributed by atoms with E-state index < -0.39 is 47.8 Å². The minimum Gasteiger partial charge on any atom is -0.395 e. The van der Waals surface area contributed by atoms with Crippen LogP contribution in [0.25, 0.3) is 0 Å². The molecule has 9 nitrogen and oxygen atoms in total. The molecule has 0 spiro atoms. The second-order valence-electron chi connectivity index (χ2n) is 11.2. The van der Waals surface area contributed by atoms with Crippen molar-refractivity contribution in [1.29, 1.82) is 0 Å². The van der Waals surface area contributed by atoms with E-state index in [1.54, 1.807) is 18.3 Å². The maximum absolute atomic E-state index is 13.6. The van der Waals surface area contributed by atoms with Gasteiger partial charge in [-0.25, -0.2) is 17.2 Å². The monoisotopic (exact) mass is 582 g/mol. The number of aliphatic hydroxyl groups excluding tert-OH is 1. The molecule has 39 heavy (non-hydrogen) atoms. The molecule has 1 saturated carbocycles. The number of anilines is 3. The van der Waals surface area contributed by atoms with Crippen molar-refractivity contribution in [3.8, 4) is 0 Å². The van der Waals surface area contributed by atoms with E-state index in [2.05, 4.69) is 28.0 Å². The Hall–Kier alpha value is -2.77. The number of halogens is 2. The Balaban J connectivity index is 1.61. The summed E-state index contributed by atoms with van der Waals surface area (Å²) in [7, 11) is -5.11. The van der Waals surface area contributed by atoms with Crippen molar-refractivity contribution in [2.75, 3.05) is 40.4 Å². The summed E-state index contributed by atoms with van der Waals surface area (Å²) in [6.07, 6.45) is 1.35. The largest absolute Gasteiger partial charge is 0.395 e. The third-order valence-electron chi connectivity index (χ3n) is 7.64. The van der Waals surface area contributed by atoms with Gasteiger partial charge in [0.05, 0.1) is 37.4 Å². The van der Waals surface area contributed by atoms with Gasteiger partial charge in [-0.05, 0) is 55.3 Å². The normalized spacial score (nSPS) is 19.5. The lowest BCUT2D eigenvalue weighted by atomic mass is 9.92. The number of aromatic nitrogens is 1. The number of benzene rings is 1. The average Bonchev–Trinajstić information content (AvgIpc) is 2.85. The standard InChI is InChI=1S/C26H36F2N4O5SSi/c1-39(2)16-12-31(13-17-39)23-18-19(30-38(36,37)15-14-33)5-6-21(23)24(34)29-22-4-3-11-32(25(22)35)20-7-9-26(27,28)10-8-20/h3-6,11,18,20,30,33H,7-10,12-17H2,1-2H3,(H,29,34). The number of hydrogen-bond acceptors (Lipinski definition) is 6. The maximum atomic E-state index is 13.6. The molecule has 4 rings (SSSR count). The first-order valence-corrected chi connectivity index (χ1v) is 18.3. The van der Waals surface area contributed by atoms with Gasteiger partial charge in [0, 0.05) is 38.2 Å². The summed E-state index contributed by atoms with van der Waals surface area (Å²) < 4.78 is 55.6. The fourth-order valence-corrected chi connectivity index (χ4v) is 7.97. The average molecular weight is 583 g/mol.